The van der Waals surface area contributed by atoms with Crippen LogP contribution in [0.15, 0.2) is 277 Å². The van der Waals surface area contributed by atoms with Gasteiger partial charge in [-0.2, -0.15) is 0 Å². The molecule has 0 unspecified atom stereocenters. The molecule has 17 aromatic rings. The summed E-state index contributed by atoms with van der Waals surface area (Å²) in [7, 11) is 0. The molecule has 0 N–H and O–H groups in total. The van der Waals surface area contributed by atoms with Crippen molar-refractivity contribution in [2.45, 2.75) is 0 Å². The Morgan fingerprint density at radius 2 is 0.790 bits per heavy atom. The van der Waals surface area contributed by atoms with Gasteiger partial charge in [-0.15, -0.1) is 0 Å². The van der Waals surface area contributed by atoms with E-state index in [1.165, 1.54) is 32.3 Å². The van der Waals surface area contributed by atoms with Crippen molar-refractivity contribution in [3.63, 3.8) is 0 Å². The average Bonchev–Trinajstić information content (AvgIpc) is 4.31. The Kier molecular flexibility index (Phi) is 9.91. The second-order valence-corrected chi connectivity index (χ2v) is 21.1. The summed E-state index contributed by atoms with van der Waals surface area (Å²) in [6, 6.07) is 97.8. The van der Waals surface area contributed by atoms with Gasteiger partial charge >= 0.3 is 0 Å². The van der Waals surface area contributed by atoms with Gasteiger partial charge in [-0.3, -0.25) is 0 Å². The lowest BCUT2D eigenvalue weighted by molar-refractivity contribution is 0.668. The lowest BCUT2D eigenvalue weighted by atomic mass is 9.95. The molecular weight excluding hydrogens is 987 g/mol. The summed E-state index contributed by atoms with van der Waals surface area (Å²) in [4.78, 5) is 16.2. The van der Waals surface area contributed by atoms with Gasteiger partial charge in [0.2, 0.25) is 0 Å². The fraction of sp³-hybridized carbons (Fsp3) is 0. The smallest absolute Gasteiger partial charge is 0.164 e. The molecule has 4 heterocycles. The lowest BCUT2D eigenvalue weighted by Crippen LogP contribution is -2.01. The van der Waals surface area contributed by atoms with Crippen molar-refractivity contribution in [2.24, 2.45) is 0 Å². The Balaban J connectivity index is 0.915. The molecule has 0 aliphatic heterocycles. The molecule has 13 aromatic carbocycles. The van der Waals surface area contributed by atoms with Crippen molar-refractivity contribution < 1.29 is 4.42 Å². The molecule has 0 aliphatic rings. The first-order valence-electron chi connectivity index (χ1n) is 27.5. The van der Waals surface area contributed by atoms with Crippen molar-refractivity contribution in [1.82, 2.24) is 24.1 Å². The number of furan rings is 1. The predicted octanol–water partition coefficient (Wildman–Crippen LogP) is 19.8. The number of nitrogens with zero attached hydrogens (tertiary/aromatic N) is 5. The Morgan fingerprint density at radius 3 is 1.53 bits per heavy atom. The SMILES string of the molecule is c1ccc(-n2c3ccccc3c3cc(-c4nc(-c5ccc6ccccc6c5)nc(-c5cccc6oc7cc(-n8c9ccccc9c9cc%10ccccc%10cc98)c(-c8cccc(-c9ccc%10ccccc%10c9)c8)cc7c56)n4)ccc32)cc1. The summed E-state index contributed by atoms with van der Waals surface area (Å²) in [6.45, 7) is 0. The van der Waals surface area contributed by atoms with E-state index in [1.807, 2.05) is 0 Å². The van der Waals surface area contributed by atoms with E-state index in [1.54, 1.807) is 0 Å². The standard InChI is InChI=1S/C75H45N5O/c1-2-24-57(25-3-1)79-65-29-12-10-26-58(65)62-42-56(36-37-67(62)79)74-76-73(55-35-33-47-17-5-7-19-49(47)40-55)77-75(78-74)60-28-15-31-70-72(60)64-44-61(54-23-14-22-50(39-54)53-34-32-46-16-4-6-18-48(46)38-53)69(45-71(64)81-70)80-66-30-13-11-27-59(66)63-41-51-20-8-9-21-52(51)43-68(63)80/h1-45H. The van der Waals surface area contributed by atoms with Crippen LogP contribution in [-0.2, 0) is 0 Å². The minimum atomic E-state index is 0.557. The van der Waals surface area contributed by atoms with Gasteiger partial charge in [0.1, 0.15) is 11.2 Å². The summed E-state index contributed by atoms with van der Waals surface area (Å²) < 4.78 is 11.9. The van der Waals surface area contributed by atoms with Gasteiger partial charge in [0.15, 0.2) is 17.5 Å². The van der Waals surface area contributed by atoms with Gasteiger partial charge in [-0.1, -0.05) is 182 Å². The van der Waals surface area contributed by atoms with E-state index in [-0.39, 0.29) is 0 Å². The zero-order valence-electron chi connectivity index (χ0n) is 43.6. The number of hydrogen-bond acceptors (Lipinski definition) is 4. The quantitative estimate of drug-likeness (QED) is 0.160. The van der Waals surface area contributed by atoms with Gasteiger partial charge in [0.05, 0.1) is 27.8 Å². The highest BCUT2D eigenvalue weighted by Gasteiger charge is 2.24. The van der Waals surface area contributed by atoms with E-state index in [0.29, 0.717) is 17.5 Å². The van der Waals surface area contributed by atoms with Crippen LogP contribution in [0, 0.1) is 0 Å². The van der Waals surface area contributed by atoms with E-state index >= 15 is 0 Å². The molecule has 0 atom stereocenters. The Hall–Kier alpha value is -11.0. The Morgan fingerprint density at radius 1 is 0.259 bits per heavy atom. The van der Waals surface area contributed by atoms with Crippen LogP contribution in [-0.4, -0.2) is 24.1 Å². The van der Waals surface area contributed by atoms with E-state index in [0.717, 1.165) is 116 Å². The topological polar surface area (TPSA) is 61.7 Å². The van der Waals surface area contributed by atoms with Gasteiger partial charge in [0.25, 0.3) is 0 Å². The molecule has 0 bridgehead atoms. The number of aromatic nitrogens is 5. The fourth-order valence-electron chi connectivity index (χ4n) is 12.7. The molecule has 0 saturated heterocycles. The monoisotopic (exact) mass is 1030 g/mol. The third kappa shape index (κ3) is 7.24. The van der Waals surface area contributed by atoms with Gasteiger partial charge < -0.3 is 13.6 Å². The molecule has 0 saturated carbocycles. The molecule has 376 valence electrons. The summed E-state index contributed by atoms with van der Waals surface area (Å²) >= 11 is 0. The molecule has 0 amide bonds. The van der Waals surface area contributed by atoms with Crippen LogP contribution in [0.2, 0.25) is 0 Å². The molecule has 81 heavy (non-hydrogen) atoms. The second-order valence-electron chi connectivity index (χ2n) is 21.1. The maximum absolute atomic E-state index is 7.09. The summed E-state index contributed by atoms with van der Waals surface area (Å²) in [5.41, 5.74) is 15.2. The van der Waals surface area contributed by atoms with Crippen LogP contribution in [0.1, 0.15) is 0 Å². The minimum absolute atomic E-state index is 0.557. The van der Waals surface area contributed by atoms with Gasteiger partial charge in [0, 0.05) is 66.3 Å². The lowest BCUT2D eigenvalue weighted by Gasteiger charge is -2.16. The Bertz CT molecular complexity index is 5430. The molecule has 6 nitrogen and oxygen atoms in total. The van der Waals surface area contributed by atoms with Crippen molar-refractivity contribution in [3.05, 3.63) is 273 Å². The van der Waals surface area contributed by atoms with Crippen molar-refractivity contribution in [2.75, 3.05) is 0 Å². The van der Waals surface area contributed by atoms with Gasteiger partial charge in [-0.25, -0.2) is 15.0 Å². The largest absolute Gasteiger partial charge is 0.456 e. The van der Waals surface area contributed by atoms with E-state index in [4.69, 9.17) is 19.4 Å². The molecule has 4 aromatic heterocycles. The molecule has 0 aliphatic carbocycles. The van der Waals surface area contributed by atoms with Crippen LogP contribution in [0.3, 0.4) is 0 Å². The van der Waals surface area contributed by atoms with E-state index < -0.39 is 0 Å². The second kappa shape index (κ2) is 17.8. The predicted molar refractivity (Wildman–Crippen MR) is 335 cm³/mol. The number of hydrogen-bond donors (Lipinski definition) is 0. The normalized spacial score (nSPS) is 12.0. The fourth-order valence-corrected chi connectivity index (χ4v) is 12.7. The van der Waals surface area contributed by atoms with Crippen molar-refractivity contribution in [3.8, 4) is 67.8 Å². The third-order valence-corrected chi connectivity index (χ3v) is 16.5. The number of rotatable bonds is 7. The zero-order chi connectivity index (χ0) is 53.1. The minimum Gasteiger partial charge on any atom is -0.456 e. The summed E-state index contributed by atoms with van der Waals surface area (Å²) in [5.74, 6) is 1.73. The van der Waals surface area contributed by atoms with Crippen LogP contribution in [0.25, 0.3) is 166 Å². The van der Waals surface area contributed by atoms with E-state index in [9.17, 15) is 0 Å². The maximum Gasteiger partial charge on any atom is 0.164 e. The zero-order valence-corrected chi connectivity index (χ0v) is 43.6. The molecule has 6 heteroatoms. The Labute approximate surface area is 464 Å². The number of benzene rings is 13. The highest BCUT2D eigenvalue weighted by molar-refractivity contribution is 6.17. The first-order chi connectivity index (χ1) is 40.1. The van der Waals surface area contributed by atoms with Crippen LogP contribution < -0.4 is 0 Å². The maximum atomic E-state index is 7.09. The molecular formula is C75H45N5O. The molecule has 0 fully saturated rings. The highest BCUT2D eigenvalue weighted by Crippen LogP contribution is 2.45. The van der Waals surface area contributed by atoms with Crippen molar-refractivity contribution in [1.29, 1.82) is 0 Å². The summed E-state index contributed by atoms with van der Waals surface area (Å²) in [6.07, 6.45) is 0. The van der Waals surface area contributed by atoms with Crippen molar-refractivity contribution >= 4 is 97.9 Å². The summed E-state index contributed by atoms with van der Waals surface area (Å²) in [5, 5.41) is 13.6. The highest BCUT2D eigenvalue weighted by atomic mass is 16.3. The van der Waals surface area contributed by atoms with Crippen LogP contribution >= 0.6 is 0 Å². The molecule has 17 rings (SSSR count). The van der Waals surface area contributed by atoms with Gasteiger partial charge in [-0.05, 0) is 134 Å². The number of para-hydroxylation sites is 3. The van der Waals surface area contributed by atoms with Crippen LogP contribution in [0.4, 0.5) is 0 Å². The van der Waals surface area contributed by atoms with E-state index in [2.05, 4.69) is 282 Å². The molecule has 0 radical (unpaired) electrons. The number of fused-ring (bicyclic) bond motifs is 12. The first kappa shape index (κ1) is 45.1. The molecule has 0 spiro atoms. The third-order valence-electron chi connectivity index (χ3n) is 16.5. The van der Waals surface area contributed by atoms with Crippen LogP contribution in [0.5, 0.6) is 0 Å². The first-order valence-corrected chi connectivity index (χ1v) is 27.5. The average molecular weight is 1030 g/mol.